The molecule has 2 aromatic rings. The first-order valence-electron chi connectivity index (χ1n) is 10.7. The highest BCUT2D eigenvalue weighted by molar-refractivity contribution is 6.31. The van der Waals surface area contributed by atoms with Crippen LogP contribution in [0.2, 0.25) is 5.02 Å². The van der Waals surface area contributed by atoms with Crippen molar-refractivity contribution in [1.82, 2.24) is 4.90 Å². The van der Waals surface area contributed by atoms with Gasteiger partial charge in [-0.15, -0.1) is 0 Å². The molecule has 3 heterocycles. The number of rotatable bonds is 3. The number of ether oxygens (including phenoxy) is 1. The van der Waals surface area contributed by atoms with Crippen LogP contribution in [0.25, 0.3) is 0 Å². The van der Waals surface area contributed by atoms with E-state index in [4.69, 9.17) is 16.3 Å². The summed E-state index contributed by atoms with van der Waals surface area (Å²) >= 11 is 6.16. The Balaban J connectivity index is 1.61. The smallest absolute Gasteiger partial charge is 0.250 e. The number of carbonyl (C=O) groups excluding carboxylic acids is 2. The first kappa shape index (κ1) is 20.3. The highest BCUT2D eigenvalue weighted by Crippen LogP contribution is 2.56. The monoisotopic (exact) mass is 439 g/mol. The van der Waals surface area contributed by atoms with E-state index in [2.05, 4.69) is 27.7 Å². The molecule has 3 aliphatic heterocycles. The maximum absolute atomic E-state index is 13.7. The van der Waals surface area contributed by atoms with Gasteiger partial charge in [-0.2, -0.15) is 0 Å². The highest BCUT2D eigenvalue weighted by Gasteiger charge is 2.65. The van der Waals surface area contributed by atoms with E-state index in [-0.39, 0.29) is 17.9 Å². The number of amides is 2. The third kappa shape index (κ3) is 2.88. The van der Waals surface area contributed by atoms with Crippen molar-refractivity contribution in [2.24, 2.45) is 5.92 Å². The average Bonchev–Trinajstić information content (AvgIpc) is 3.37. The van der Waals surface area contributed by atoms with Gasteiger partial charge < -0.3 is 15.4 Å². The molecule has 3 atom stereocenters. The number of hydrogen-bond donors (Lipinski definition) is 2. The van der Waals surface area contributed by atoms with Gasteiger partial charge in [0.25, 0.3) is 0 Å². The Morgan fingerprint density at radius 1 is 1.29 bits per heavy atom. The zero-order valence-electron chi connectivity index (χ0n) is 17.9. The quantitative estimate of drug-likeness (QED) is 0.750. The highest BCUT2D eigenvalue weighted by atomic mass is 35.5. The Bertz CT molecular complexity index is 1100. The van der Waals surface area contributed by atoms with Crippen LogP contribution in [0.3, 0.4) is 0 Å². The minimum atomic E-state index is -0.983. The van der Waals surface area contributed by atoms with Crippen molar-refractivity contribution in [2.75, 3.05) is 24.3 Å². The van der Waals surface area contributed by atoms with Crippen LogP contribution in [0, 0.1) is 19.8 Å². The van der Waals surface area contributed by atoms with Crippen LogP contribution in [0.15, 0.2) is 30.3 Å². The van der Waals surface area contributed by atoms with Gasteiger partial charge in [-0.25, -0.2) is 0 Å². The third-order valence-corrected chi connectivity index (χ3v) is 7.29. The zero-order chi connectivity index (χ0) is 21.9. The Labute approximate surface area is 186 Å². The maximum Gasteiger partial charge on any atom is 0.250 e. The second-order valence-corrected chi connectivity index (χ2v) is 9.27. The summed E-state index contributed by atoms with van der Waals surface area (Å²) < 4.78 is 5.40. The lowest BCUT2D eigenvalue weighted by Gasteiger charge is -2.36. The number of anilines is 2. The van der Waals surface area contributed by atoms with Crippen LogP contribution in [0.5, 0.6) is 5.75 Å². The Morgan fingerprint density at radius 2 is 2.10 bits per heavy atom. The second-order valence-electron chi connectivity index (χ2n) is 8.84. The number of carbonyl (C=O) groups is 2. The molecule has 0 saturated carbocycles. The molecule has 0 bridgehead atoms. The molecule has 0 unspecified atom stereocenters. The molecule has 0 aromatic heterocycles. The molecule has 3 aliphatic rings. The van der Waals surface area contributed by atoms with E-state index >= 15 is 0 Å². The molecule has 2 amide bonds. The summed E-state index contributed by atoms with van der Waals surface area (Å²) in [5.74, 6) is -0.256. The van der Waals surface area contributed by atoms with Gasteiger partial charge in [0, 0.05) is 22.3 Å². The zero-order valence-corrected chi connectivity index (χ0v) is 18.7. The third-order valence-electron chi connectivity index (χ3n) is 7.05. The van der Waals surface area contributed by atoms with E-state index in [0.717, 1.165) is 41.8 Å². The van der Waals surface area contributed by atoms with Gasteiger partial charge in [0.15, 0.2) is 0 Å². The van der Waals surface area contributed by atoms with Gasteiger partial charge in [0.05, 0.1) is 18.7 Å². The van der Waals surface area contributed by atoms with Crippen molar-refractivity contribution in [3.8, 4) is 5.75 Å². The standard InChI is InChI=1S/C24H26ClN3O3/c1-13-9-14(2)21-17(10-13)24(23(30)27-21)18(12-16-5-4-8-28(16)24)22(29)26-19-11-15(25)6-7-20(19)31-3/h6-7,9-11,16,18H,4-5,8,12H2,1-3H3,(H,26,29)(H,27,30)/t16-,18+,24+/m1/s1. The van der Waals surface area contributed by atoms with E-state index in [1.807, 2.05) is 13.8 Å². The van der Waals surface area contributed by atoms with E-state index in [0.29, 0.717) is 22.9 Å². The molecule has 2 fully saturated rings. The van der Waals surface area contributed by atoms with Crippen molar-refractivity contribution in [1.29, 1.82) is 0 Å². The number of nitrogens with zero attached hydrogens (tertiary/aromatic N) is 1. The van der Waals surface area contributed by atoms with Gasteiger partial charge in [0.2, 0.25) is 11.8 Å². The van der Waals surface area contributed by atoms with Crippen LogP contribution in [0.4, 0.5) is 11.4 Å². The van der Waals surface area contributed by atoms with Gasteiger partial charge in [-0.3, -0.25) is 14.5 Å². The topological polar surface area (TPSA) is 70.7 Å². The maximum atomic E-state index is 13.7. The van der Waals surface area contributed by atoms with Gasteiger partial charge in [0.1, 0.15) is 11.3 Å². The van der Waals surface area contributed by atoms with Crippen LogP contribution in [-0.2, 0) is 15.1 Å². The minimum absolute atomic E-state index is 0.0983. The average molecular weight is 440 g/mol. The Morgan fingerprint density at radius 3 is 2.87 bits per heavy atom. The van der Waals surface area contributed by atoms with Gasteiger partial charge in [-0.05, 0) is 63.4 Å². The summed E-state index contributed by atoms with van der Waals surface area (Å²) in [7, 11) is 1.55. The van der Waals surface area contributed by atoms with E-state index in [9.17, 15) is 9.59 Å². The van der Waals surface area contributed by atoms with Crippen molar-refractivity contribution in [3.63, 3.8) is 0 Å². The lowest BCUT2D eigenvalue weighted by Crippen LogP contribution is -2.53. The van der Waals surface area contributed by atoms with Gasteiger partial charge >= 0.3 is 0 Å². The number of nitrogens with one attached hydrogen (secondary N) is 2. The molecule has 2 saturated heterocycles. The van der Waals surface area contributed by atoms with E-state index in [1.54, 1.807) is 25.3 Å². The summed E-state index contributed by atoms with van der Waals surface area (Å²) in [4.78, 5) is 29.6. The van der Waals surface area contributed by atoms with Crippen LogP contribution >= 0.6 is 11.6 Å². The molecule has 0 radical (unpaired) electrons. The van der Waals surface area contributed by atoms with Crippen molar-refractivity contribution < 1.29 is 14.3 Å². The number of fused-ring (bicyclic) bond motifs is 4. The number of aryl methyl sites for hydroxylation is 2. The number of benzene rings is 2. The molecule has 6 nitrogen and oxygen atoms in total. The lowest BCUT2D eigenvalue weighted by molar-refractivity contribution is -0.135. The van der Waals surface area contributed by atoms with Gasteiger partial charge in [-0.1, -0.05) is 29.3 Å². The Hall–Kier alpha value is -2.57. The summed E-state index contributed by atoms with van der Waals surface area (Å²) in [6.07, 6.45) is 2.68. The van der Waals surface area contributed by atoms with Crippen molar-refractivity contribution in [3.05, 3.63) is 52.0 Å². The first-order chi connectivity index (χ1) is 14.9. The Kier molecular flexibility index (Phi) is 4.75. The van der Waals surface area contributed by atoms with Crippen LogP contribution in [-0.4, -0.2) is 36.4 Å². The van der Waals surface area contributed by atoms with Crippen LogP contribution < -0.4 is 15.4 Å². The molecular formula is C24H26ClN3O3. The largest absolute Gasteiger partial charge is 0.495 e. The fourth-order valence-corrected chi connectivity index (χ4v) is 6.05. The number of halogens is 1. The van der Waals surface area contributed by atoms with E-state index in [1.165, 1.54) is 0 Å². The SMILES string of the molecule is COc1ccc(Cl)cc1NC(=O)[C@@H]1C[C@H]2CCCN2[C@]12C(=O)Nc1c(C)cc(C)cc12. The number of hydrogen-bond acceptors (Lipinski definition) is 4. The molecule has 31 heavy (non-hydrogen) atoms. The molecule has 162 valence electrons. The summed E-state index contributed by atoms with van der Waals surface area (Å²) in [5.41, 5.74) is 3.42. The van der Waals surface area contributed by atoms with E-state index < -0.39 is 11.5 Å². The van der Waals surface area contributed by atoms with Crippen LogP contribution in [0.1, 0.15) is 36.0 Å². The fourth-order valence-electron chi connectivity index (χ4n) is 5.88. The summed E-state index contributed by atoms with van der Waals surface area (Å²) in [5, 5.41) is 6.63. The molecule has 7 heteroatoms. The summed E-state index contributed by atoms with van der Waals surface area (Å²) in [6, 6.07) is 9.48. The molecule has 2 aromatic carbocycles. The summed E-state index contributed by atoms with van der Waals surface area (Å²) in [6.45, 7) is 4.86. The van der Waals surface area contributed by atoms with Crippen molar-refractivity contribution in [2.45, 2.75) is 44.7 Å². The molecule has 1 spiro atoms. The minimum Gasteiger partial charge on any atom is -0.495 e. The fraction of sp³-hybridized carbons (Fsp3) is 0.417. The molecule has 0 aliphatic carbocycles. The predicted molar refractivity (Wildman–Crippen MR) is 121 cm³/mol. The normalized spacial score (nSPS) is 26.6. The molecule has 5 rings (SSSR count). The first-order valence-corrected chi connectivity index (χ1v) is 11.1. The molecular weight excluding hydrogens is 414 g/mol. The predicted octanol–water partition coefficient (Wildman–Crippen LogP) is 4.24. The van der Waals surface area contributed by atoms with Crippen molar-refractivity contribution >= 4 is 34.8 Å². The lowest BCUT2D eigenvalue weighted by atomic mass is 9.77. The molecule has 2 N–H and O–H groups in total. The second kappa shape index (κ2) is 7.24. The number of methoxy groups -OCH3 is 1.